The highest BCUT2D eigenvalue weighted by molar-refractivity contribution is 6.37. The van der Waals surface area contributed by atoms with E-state index in [0.717, 1.165) is 0 Å². The molecule has 0 saturated heterocycles. The fraction of sp³-hybridized carbons (Fsp3) is 0.0625. The number of anilines is 1. The second-order valence-electron chi connectivity index (χ2n) is 4.57. The van der Waals surface area contributed by atoms with E-state index in [1.54, 1.807) is 36.4 Å². The minimum absolute atomic E-state index is 0.264. The van der Waals surface area contributed by atoms with E-state index in [1.807, 2.05) is 0 Å². The second-order valence-corrected chi connectivity index (χ2v) is 5.41. The molecular formula is C16H13Cl2N3O3. The molecule has 0 aromatic heterocycles. The number of hydrogen-bond acceptors (Lipinski definition) is 4. The van der Waals surface area contributed by atoms with Gasteiger partial charge in [-0.05, 0) is 35.9 Å². The Balaban J connectivity index is 2.08. The summed E-state index contributed by atoms with van der Waals surface area (Å²) in [6, 6.07) is 11.5. The smallest absolute Gasteiger partial charge is 0.427 e. The third-order valence-electron chi connectivity index (χ3n) is 2.88. The number of hydrogen-bond donors (Lipinski definition) is 2. The number of carbonyl (C=O) groups is 2. The van der Waals surface area contributed by atoms with Crippen molar-refractivity contribution in [3.63, 3.8) is 0 Å². The van der Waals surface area contributed by atoms with Gasteiger partial charge in [-0.15, -0.1) is 0 Å². The molecule has 0 heterocycles. The maximum absolute atomic E-state index is 12.3. The molecule has 0 fully saturated rings. The van der Waals surface area contributed by atoms with E-state index < -0.39 is 6.09 Å². The lowest BCUT2D eigenvalue weighted by Crippen LogP contribution is -2.16. The summed E-state index contributed by atoms with van der Waals surface area (Å²) in [5.74, 6) is -0.363. The van der Waals surface area contributed by atoms with Crippen LogP contribution >= 0.6 is 23.2 Å². The first-order valence-corrected chi connectivity index (χ1v) is 7.48. The van der Waals surface area contributed by atoms with Crippen LogP contribution in [0.3, 0.4) is 0 Å². The summed E-state index contributed by atoms with van der Waals surface area (Å²) in [6.45, 7) is 0. The predicted octanol–water partition coefficient (Wildman–Crippen LogP) is 3.94. The highest BCUT2D eigenvalue weighted by Crippen LogP contribution is 2.22. The second kappa shape index (κ2) is 8.33. The standard InChI is InChI=1S/C16H13Cl2N3O3/c1-24-16(23)21-19-9-10-3-2-4-12(7-10)20-15(22)13-6-5-11(17)8-14(13)18/h2-9H,1H3,(H,20,22)(H,21,23)/b19-9-. The molecule has 6 nitrogen and oxygen atoms in total. The summed E-state index contributed by atoms with van der Waals surface area (Å²) in [4.78, 5) is 23.2. The average Bonchev–Trinajstić information content (AvgIpc) is 2.54. The Morgan fingerprint density at radius 2 is 1.96 bits per heavy atom. The number of methoxy groups -OCH3 is 1. The number of hydrazone groups is 1. The van der Waals surface area contributed by atoms with Crippen LogP contribution < -0.4 is 10.7 Å². The molecule has 0 aliphatic carbocycles. The summed E-state index contributed by atoms with van der Waals surface area (Å²) >= 11 is 11.8. The molecule has 2 aromatic carbocycles. The first-order chi connectivity index (χ1) is 11.5. The molecular weight excluding hydrogens is 353 g/mol. The number of ether oxygens (including phenoxy) is 1. The molecule has 2 N–H and O–H groups in total. The van der Waals surface area contributed by atoms with E-state index in [1.165, 1.54) is 19.4 Å². The van der Waals surface area contributed by atoms with Crippen LogP contribution in [-0.4, -0.2) is 25.3 Å². The van der Waals surface area contributed by atoms with Gasteiger partial charge in [0.1, 0.15) is 0 Å². The molecule has 24 heavy (non-hydrogen) atoms. The van der Waals surface area contributed by atoms with E-state index in [2.05, 4.69) is 20.6 Å². The molecule has 124 valence electrons. The van der Waals surface area contributed by atoms with Gasteiger partial charge in [-0.2, -0.15) is 5.10 Å². The van der Waals surface area contributed by atoms with E-state index in [4.69, 9.17) is 23.2 Å². The SMILES string of the molecule is COC(=O)N/N=C\c1cccc(NC(=O)c2ccc(Cl)cc2Cl)c1. The molecule has 0 saturated carbocycles. The normalized spacial score (nSPS) is 10.5. The van der Waals surface area contributed by atoms with Crippen LogP contribution in [0.15, 0.2) is 47.6 Å². The maximum atomic E-state index is 12.3. The zero-order valence-corrected chi connectivity index (χ0v) is 14.1. The topological polar surface area (TPSA) is 79.8 Å². The highest BCUT2D eigenvalue weighted by atomic mass is 35.5. The van der Waals surface area contributed by atoms with E-state index in [-0.39, 0.29) is 10.9 Å². The molecule has 0 bridgehead atoms. The van der Waals surface area contributed by atoms with Crippen molar-refractivity contribution in [2.75, 3.05) is 12.4 Å². The van der Waals surface area contributed by atoms with Crippen LogP contribution in [0.5, 0.6) is 0 Å². The van der Waals surface area contributed by atoms with Crippen LogP contribution in [-0.2, 0) is 4.74 Å². The average molecular weight is 366 g/mol. The van der Waals surface area contributed by atoms with Crippen LogP contribution in [0, 0.1) is 0 Å². The van der Waals surface area contributed by atoms with Crippen LogP contribution in [0.1, 0.15) is 15.9 Å². The summed E-state index contributed by atoms with van der Waals surface area (Å²) in [6.07, 6.45) is 0.745. The maximum Gasteiger partial charge on any atom is 0.427 e. The van der Waals surface area contributed by atoms with Crippen molar-refractivity contribution in [3.8, 4) is 0 Å². The predicted molar refractivity (Wildman–Crippen MR) is 94.0 cm³/mol. The van der Waals surface area contributed by atoms with Gasteiger partial charge in [-0.25, -0.2) is 10.2 Å². The molecule has 0 atom stereocenters. The van der Waals surface area contributed by atoms with Gasteiger partial charge < -0.3 is 10.1 Å². The Hall–Kier alpha value is -2.57. The zero-order valence-electron chi connectivity index (χ0n) is 12.5. The summed E-state index contributed by atoms with van der Waals surface area (Å²) < 4.78 is 4.39. The molecule has 0 aliphatic rings. The molecule has 8 heteroatoms. The first kappa shape index (κ1) is 17.8. The van der Waals surface area contributed by atoms with Crippen LogP contribution in [0.4, 0.5) is 10.5 Å². The van der Waals surface area contributed by atoms with Crippen molar-refractivity contribution < 1.29 is 14.3 Å². The summed E-state index contributed by atoms with van der Waals surface area (Å²) in [5.41, 5.74) is 3.70. The number of benzene rings is 2. The number of halogens is 2. The number of nitrogens with one attached hydrogen (secondary N) is 2. The van der Waals surface area contributed by atoms with Gasteiger partial charge in [0.15, 0.2) is 0 Å². The summed E-state index contributed by atoms with van der Waals surface area (Å²) in [5, 5.41) is 7.16. The third-order valence-corrected chi connectivity index (χ3v) is 3.42. The molecule has 0 spiro atoms. The number of nitrogens with zero attached hydrogens (tertiary/aromatic N) is 1. The van der Waals surface area contributed by atoms with E-state index >= 15 is 0 Å². The Kier molecular flexibility index (Phi) is 6.17. The molecule has 0 radical (unpaired) electrons. The Labute approximate surface area is 148 Å². The van der Waals surface area contributed by atoms with Crippen LogP contribution in [0.2, 0.25) is 10.0 Å². The molecule has 0 unspecified atom stereocenters. The fourth-order valence-electron chi connectivity index (χ4n) is 1.77. The van der Waals surface area contributed by atoms with Gasteiger partial charge in [-0.3, -0.25) is 4.79 Å². The lowest BCUT2D eigenvalue weighted by Gasteiger charge is -2.07. The lowest BCUT2D eigenvalue weighted by atomic mass is 10.2. The van der Waals surface area contributed by atoms with Gasteiger partial charge in [0.25, 0.3) is 5.91 Å². The van der Waals surface area contributed by atoms with E-state index in [9.17, 15) is 9.59 Å². The zero-order chi connectivity index (χ0) is 17.5. The highest BCUT2D eigenvalue weighted by Gasteiger charge is 2.11. The minimum atomic E-state index is -0.673. The van der Waals surface area contributed by atoms with Crippen molar-refractivity contribution in [2.24, 2.45) is 5.10 Å². The van der Waals surface area contributed by atoms with Crippen molar-refractivity contribution in [1.29, 1.82) is 0 Å². The molecule has 2 rings (SSSR count). The fourth-order valence-corrected chi connectivity index (χ4v) is 2.27. The molecule has 2 amide bonds. The van der Waals surface area contributed by atoms with Crippen molar-refractivity contribution in [1.82, 2.24) is 5.43 Å². The van der Waals surface area contributed by atoms with E-state index in [0.29, 0.717) is 21.8 Å². The lowest BCUT2D eigenvalue weighted by molar-refractivity contribution is 0.102. The number of amides is 2. The van der Waals surface area contributed by atoms with Gasteiger partial charge in [0, 0.05) is 10.7 Å². The van der Waals surface area contributed by atoms with Gasteiger partial charge in [0.2, 0.25) is 0 Å². The first-order valence-electron chi connectivity index (χ1n) is 6.73. The Bertz CT molecular complexity index is 794. The van der Waals surface area contributed by atoms with Gasteiger partial charge in [-0.1, -0.05) is 35.3 Å². The largest absolute Gasteiger partial charge is 0.452 e. The van der Waals surface area contributed by atoms with Crippen LogP contribution in [0.25, 0.3) is 0 Å². The van der Waals surface area contributed by atoms with Crippen molar-refractivity contribution in [2.45, 2.75) is 0 Å². The van der Waals surface area contributed by atoms with Gasteiger partial charge >= 0.3 is 6.09 Å². The summed E-state index contributed by atoms with van der Waals surface area (Å²) in [7, 11) is 1.24. The molecule has 2 aromatic rings. The van der Waals surface area contributed by atoms with Crippen molar-refractivity contribution in [3.05, 3.63) is 63.6 Å². The third kappa shape index (κ3) is 4.97. The van der Waals surface area contributed by atoms with Gasteiger partial charge in [0.05, 0.1) is 23.9 Å². The quantitative estimate of drug-likeness (QED) is 0.636. The minimum Gasteiger partial charge on any atom is -0.452 e. The molecule has 0 aliphatic heterocycles. The monoisotopic (exact) mass is 365 g/mol. The Morgan fingerprint density at radius 3 is 2.67 bits per heavy atom. The van der Waals surface area contributed by atoms with Crippen molar-refractivity contribution >= 4 is 47.1 Å². The number of carbonyl (C=O) groups excluding carboxylic acids is 2. The number of rotatable bonds is 4. The Morgan fingerprint density at radius 1 is 1.17 bits per heavy atom.